The van der Waals surface area contributed by atoms with Crippen LogP contribution in [-0.4, -0.2) is 27.3 Å². The molecule has 0 aliphatic carbocycles. The molecule has 0 aliphatic rings. The van der Waals surface area contributed by atoms with Crippen molar-refractivity contribution in [2.75, 3.05) is 0 Å². The summed E-state index contributed by atoms with van der Waals surface area (Å²) in [7, 11) is 0. The van der Waals surface area contributed by atoms with Crippen LogP contribution in [0.2, 0.25) is 5.02 Å². The fourth-order valence-electron chi connectivity index (χ4n) is 1.33. The molecule has 0 aliphatic heterocycles. The number of halogens is 1. The third-order valence-electron chi connectivity index (χ3n) is 2.22. The standard InChI is InChI=1S/C11H11ClO5/c12-8-5-6(2-4-9(13)14)1-3-7(8)10(15)11(16)17/h1,3,5,10,15H,2,4H2,(H,13,14)(H,16,17). The van der Waals surface area contributed by atoms with Gasteiger partial charge in [-0.15, -0.1) is 0 Å². The van der Waals surface area contributed by atoms with E-state index in [2.05, 4.69) is 0 Å². The summed E-state index contributed by atoms with van der Waals surface area (Å²) < 4.78 is 0. The number of carbonyl (C=O) groups is 2. The molecule has 5 nitrogen and oxygen atoms in total. The third kappa shape index (κ3) is 3.72. The van der Waals surface area contributed by atoms with Crippen LogP contribution in [0.4, 0.5) is 0 Å². The van der Waals surface area contributed by atoms with Crippen LogP contribution in [0.15, 0.2) is 18.2 Å². The van der Waals surface area contributed by atoms with Crippen molar-refractivity contribution in [3.8, 4) is 0 Å². The van der Waals surface area contributed by atoms with E-state index in [0.29, 0.717) is 12.0 Å². The topological polar surface area (TPSA) is 94.8 Å². The Kier molecular flexibility index (Phi) is 4.48. The number of aliphatic hydroxyl groups excluding tert-OH is 1. The van der Waals surface area contributed by atoms with E-state index < -0.39 is 18.0 Å². The number of benzene rings is 1. The van der Waals surface area contributed by atoms with Crippen LogP contribution < -0.4 is 0 Å². The van der Waals surface area contributed by atoms with E-state index in [0.717, 1.165) is 0 Å². The van der Waals surface area contributed by atoms with Crippen LogP contribution >= 0.6 is 11.6 Å². The van der Waals surface area contributed by atoms with Crippen molar-refractivity contribution < 1.29 is 24.9 Å². The first-order valence-corrected chi connectivity index (χ1v) is 5.20. The Hall–Kier alpha value is -1.59. The van der Waals surface area contributed by atoms with Gasteiger partial charge in [0.2, 0.25) is 0 Å². The maximum absolute atomic E-state index is 10.6. The first-order valence-electron chi connectivity index (χ1n) is 4.83. The van der Waals surface area contributed by atoms with Crippen molar-refractivity contribution in [1.29, 1.82) is 0 Å². The zero-order valence-electron chi connectivity index (χ0n) is 8.76. The molecular weight excluding hydrogens is 248 g/mol. The van der Waals surface area contributed by atoms with Gasteiger partial charge in [-0.25, -0.2) is 4.79 Å². The molecule has 0 aromatic heterocycles. The van der Waals surface area contributed by atoms with Crippen LogP contribution in [0.5, 0.6) is 0 Å². The maximum Gasteiger partial charge on any atom is 0.337 e. The highest BCUT2D eigenvalue weighted by Crippen LogP contribution is 2.25. The van der Waals surface area contributed by atoms with Gasteiger partial charge >= 0.3 is 11.9 Å². The van der Waals surface area contributed by atoms with E-state index in [1.165, 1.54) is 12.1 Å². The Morgan fingerprint density at radius 3 is 2.41 bits per heavy atom. The van der Waals surface area contributed by atoms with E-state index in [9.17, 15) is 14.7 Å². The molecule has 17 heavy (non-hydrogen) atoms. The summed E-state index contributed by atoms with van der Waals surface area (Å²) in [5.41, 5.74) is 0.775. The highest BCUT2D eigenvalue weighted by Gasteiger charge is 2.18. The average Bonchev–Trinajstić information content (AvgIpc) is 2.25. The van der Waals surface area contributed by atoms with Gasteiger partial charge in [-0.05, 0) is 18.1 Å². The fraction of sp³-hybridized carbons (Fsp3) is 0.273. The Morgan fingerprint density at radius 2 is 1.94 bits per heavy atom. The Labute approximate surface area is 102 Å². The van der Waals surface area contributed by atoms with Gasteiger partial charge in [0.25, 0.3) is 0 Å². The SMILES string of the molecule is O=C(O)CCc1ccc(C(O)C(=O)O)c(Cl)c1. The number of carboxylic acids is 2. The Balaban J connectivity index is 2.86. The quantitative estimate of drug-likeness (QED) is 0.743. The molecule has 1 rings (SSSR count). The van der Waals surface area contributed by atoms with E-state index in [-0.39, 0.29) is 17.0 Å². The summed E-state index contributed by atoms with van der Waals surface area (Å²) in [5.74, 6) is -2.30. The molecule has 0 bridgehead atoms. The molecule has 1 aromatic carbocycles. The van der Waals surface area contributed by atoms with Gasteiger partial charge in [0.15, 0.2) is 6.10 Å². The number of carboxylic acid groups (broad SMARTS) is 2. The predicted octanol–water partition coefficient (Wildman–Crippen LogP) is 1.48. The molecule has 0 saturated heterocycles. The van der Waals surface area contributed by atoms with Crippen LogP contribution in [0.1, 0.15) is 23.7 Å². The molecule has 0 heterocycles. The van der Waals surface area contributed by atoms with Crippen molar-refractivity contribution in [3.63, 3.8) is 0 Å². The predicted molar refractivity (Wildman–Crippen MR) is 60.0 cm³/mol. The van der Waals surface area contributed by atoms with Crippen molar-refractivity contribution in [1.82, 2.24) is 0 Å². The van der Waals surface area contributed by atoms with E-state index in [4.69, 9.17) is 21.8 Å². The van der Waals surface area contributed by atoms with Gasteiger partial charge in [0.1, 0.15) is 0 Å². The second kappa shape index (κ2) is 5.65. The molecule has 0 radical (unpaired) electrons. The Bertz CT molecular complexity index is 443. The third-order valence-corrected chi connectivity index (χ3v) is 2.55. The zero-order valence-corrected chi connectivity index (χ0v) is 9.52. The van der Waals surface area contributed by atoms with Gasteiger partial charge in [0.05, 0.1) is 0 Å². The van der Waals surface area contributed by atoms with E-state index in [1.807, 2.05) is 0 Å². The first-order chi connectivity index (χ1) is 7.91. The monoisotopic (exact) mass is 258 g/mol. The molecular formula is C11H11ClO5. The summed E-state index contributed by atoms with van der Waals surface area (Å²) in [6.07, 6.45) is -1.40. The molecule has 6 heteroatoms. The van der Waals surface area contributed by atoms with Gasteiger partial charge in [0, 0.05) is 17.0 Å². The number of aryl methyl sites for hydroxylation is 1. The lowest BCUT2D eigenvalue weighted by atomic mass is 10.0. The van der Waals surface area contributed by atoms with Gasteiger partial charge in [-0.3, -0.25) is 4.79 Å². The molecule has 1 aromatic rings. The van der Waals surface area contributed by atoms with E-state index in [1.54, 1.807) is 6.07 Å². The number of aliphatic hydroxyl groups is 1. The lowest BCUT2D eigenvalue weighted by molar-refractivity contribution is -0.147. The number of hydrogen-bond acceptors (Lipinski definition) is 3. The minimum atomic E-state index is -1.67. The highest BCUT2D eigenvalue weighted by molar-refractivity contribution is 6.31. The zero-order chi connectivity index (χ0) is 13.0. The smallest absolute Gasteiger partial charge is 0.337 e. The van der Waals surface area contributed by atoms with Crippen molar-refractivity contribution in [2.24, 2.45) is 0 Å². The maximum atomic E-state index is 10.6. The van der Waals surface area contributed by atoms with Crippen molar-refractivity contribution in [2.45, 2.75) is 18.9 Å². The van der Waals surface area contributed by atoms with Crippen LogP contribution in [-0.2, 0) is 16.0 Å². The molecule has 1 atom stereocenters. The first kappa shape index (κ1) is 13.5. The van der Waals surface area contributed by atoms with Gasteiger partial charge < -0.3 is 15.3 Å². The lowest BCUT2D eigenvalue weighted by Crippen LogP contribution is -2.11. The molecule has 0 amide bonds. The van der Waals surface area contributed by atoms with Crippen LogP contribution in [0.3, 0.4) is 0 Å². The fourth-order valence-corrected chi connectivity index (χ4v) is 1.64. The molecule has 0 spiro atoms. The van der Waals surface area contributed by atoms with Gasteiger partial charge in [-0.1, -0.05) is 23.7 Å². The number of hydrogen-bond donors (Lipinski definition) is 3. The lowest BCUT2D eigenvalue weighted by Gasteiger charge is -2.09. The Morgan fingerprint density at radius 1 is 1.29 bits per heavy atom. The average molecular weight is 259 g/mol. The summed E-state index contributed by atoms with van der Waals surface area (Å²) in [6, 6.07) is 4.40. The van der Waals surface area contributed by atoms with Crippen molar-refractivity contribution in [3.05, 3.63) is 34.3 Å². The number of rotatable bonds is 5. The van der Waals surface area contributed by atoms with Crippen LogP contribution in [0, 0.1) is 0 Å². The molecule has 92 valence electrons. The second-order valence-electron chi connectivity index (χ2n) is 3.49. The summed E-state index contributed by atoms with van der Waals surface area (Å²) >= 11 is 5.81. The number of aliphatic carboxylic acids is 2. The van der Waals surface area contributed by atoms with Crippen LogP contribution in [0.25, 0.3) is 0 Å². The summed E-state index contributed by atoms with van der Waals surface area (Å²) in [4.78, 5) is 20.9. The molecule has 3 N–H and O–H groups in total. The normalized spacial score (nSPS) is 12.1. The van der Waals surface area contributed by atoms with Gasteiger partial charge in [-0.2, -0.15) is 0 Å². The van der Waals surface area contributed by atoms with E-state index >= 15 is 0 Å². The summed E-state index contributed by atoms with van der Waals surface area (Å²) in [5, 5.41) is 26.6. The van der Waals surface area contributed by atoms with Crippen molar-refractivity contribution >= 4 is 23.5 Å². The molecule has 0 saturated carbocycles. The second-order valence-corrected chi connectivity index (χ2v) is 3.90. The largest absolute Gasteiger partial charge is 0.481 e. The minimum Gasteiger partial charge on any atom is -0.481 e. The molecule has 1 unspecified atom stereocenters. The molecule has 0 fully saturated rings. The summed E-state index contributed by atoms with van der Waals surface area (Å²) in [6.45, 7) is 0. The minimum absolute atomic E-state index is 0.0306. The highest BCUT2D eigenvalue weighted by atomic mass is 35.5.